The lowest BCUT2D eigenvalue weighted by atomic mass is 9.90. The molecule has 0 saturated carbocycles. The Hall–Kier alpha value is -0.380. The van der Waals surface area contributed by atoms with Crippen LogP contribution < -0.4 is 5.73 Å². The van der Waals surface area contributed by atoms with Gasteiger partial charge in [0, 0.05) is 18.0 Å². The number of nitrogens with two attached hydrogens (primary N) is 1. The zero-order valence-corrected chi connectivity index (χ0v) is 9.52. The van der Waals surface area contributed by atoms with E-state index < -0.39 is 0 Å². The molecule has 1 unspecified atom stereocenters. The quantitative estimate of drug-likeness (QED) is 0.826. The van der Waals surface area contributed by atoms with E-state index in [4.69, 9.17) is 5.73 Å². The SMILES string of the molecule is CC1(CN)CCN(Cc2cccs2)C1. The molecule has 0 spiro atoms. The average Bonchev–Trinajstić information content (AvgIpc) is 2.78. The van der Waals surface area contributed by atoms with Crippen LogP contribution in [0.3, 0.4) is 0 Å². The van der Waals surface area contributed by atoms with Gasteiger partial charge in [-0.25, -0.2) is 0 Å². The fourth-order valence-corrected chi connectivity index (χ4v) is 2.80. The van der Waals surface area contributed by atoms with Crippen LogP contribution in [-0.4, -0.2) is 24.5 Å². The molecule has 1 aromatic rings. The molecule has 14 heavy (non-hydrogen) atoms. The molecule has 1 atom stereocenters. The molecule has 2 nitrogen and oxygen atoms in total. The number of likely N-dealkylation sites (tertiary alicyclic amines) is 1. The lowest BCUT2D eigenvalue weighted by Gasteiger charge is -2.22. The van der Waals surface area contributed by atoms with Crippen LogP contribution in [0.15, 0.2) is 17.5 Å². The minimum Gasteiger partial charge on any atom is -0.330 e. The lowest BCUT2D eigenvalue weighted by Crippen LogP contribution is -2.30. The van der Waals surface area contributed by atoms with Crippen molar-refractivity contribution in [1.82, 2.24) is 4.90 Å². The highest BCUT2D eigenvalue weighted by molar-refractivity contribution is 7.09. The Kier molecular flexibility index (Phi) is 2.91. The summed E-state index contributed by atoms with van der Waals surface area (Å²) in [4.78, 5) is 3.98. The summed E-state index contributed by atoms with van der Waals surface area (Å²) in [5.41, 5.74) is 6.14. The van der Waals surface area contributed by atoms with Gasteiger partial charge >= 0.3 is 0 Å². The molecule has 2 rings (SSSR count). The van der Waals surface area contributed by atoms with Crippen molar-refractivity contribution in [2.75, 3.05) is 19.6 Å². The first-order chi connectivity index (χ1) is 6.72. The molecule has 0 bridgehead atoms. The van der Waals surface area contributed by atoms with Crippen LogP contribution in [0.1, 0.15) is 18.2 Å². The molecule has 2 heterocycles. The van der Waals surface area contributed by atoms with Gasteiger partial charge in [0.2, 0.25) is 0 Å². The molecule has 0 amide bonds. The Morgan fingerprint density at radius 2 is 2.50 bits per heavy atom. The summed E-state index contributed by atoms with van der Waals surface area (Å²) >= 11 is 1.84. The van der Waals surface area contributed by atoms with E-state index in [1.54, 1.807) is 0 Å². The fraction of sp³-hybridized carbons (Fsp3) is 0.636. The third-order valence-corrected chi connectivity index (χ3v) is 3.95. The Balaban J connectivity index is 1.90. The third-order valence-electron chi connectivity index (χ3n) is 3.09. The number of hydrogen-bond donors (Lipinski definition) is 1. The average molecular weight is 210 g/mol. The first kappa shape index (κ1) is 10.1. The van der Waals surface area contributed by atoms with Crippen molar-refractivity contribution in [3.63, 3.8) is 0 Å². The van der Waals surface area contributed by atoms with Crippen molar-refractivity contribution in [1.29, 1.82) is 0 Å². The number of hydrogen-bond acceptors (Lipinski definition) is 3. The van der Waals surface area contributed by atoms with Gasteiger partial charge in [0.25, 0.3) is 0 Å². The molecule has 2 N–H and O–H groups in total. The smallest absolute Gasteiger partial charge is 0.0328 e. The molecule has 1 saturated heterocycles. The first-order valence-electron chi connectivity index (χ1n) is 5.17. The minimum absolute atomic E-state index is 0.358. The van der Waals surface area contributed by atoms with Gasteiger partial charge in [-0.1, -0.05) is 13.0 Å². The monoisotopic (exact) mass is 210 g/mol. The van der Waals surface area contributed by atoms with Crippen molar-refractivity contribution in [3.05, 3.63) is 22.4 Å². The van der Waals surface area contributed by atoms with Crippen LogP contribution in [0.5, 0.6) is 0 Å². The molecular formula is C11H18N2S. The molecule has 1 aromatic heterocycles. The van der Waals surface area contributed by atoms with E-state index in [2.05, 4.69) is 29.3 Å². The summed E-state index contributed by atoms with van der Waals surface area (Å²) in [5.74, 6) is 0. The van der Waals surface area contributed by atoms with Crippen molar-refractivity contribution in [2.45, 2.75) is 19.9 Å². The van der Waals surface area contributed by atoms with Crippen molar-refractivity contribution < 1.29 is 0 Å². The highest BCUT2D eigenvalue weighted by atomic mass is 32.1. The van der Waals surface area contributed by atoms with Crippen molar-refractivity contribution >= 4 is 11.3 Å². The summed E-state index contributed by atoms with van der Waals surface area (Å²) in [6, 6.07) is 4.33. The van der Waals surface area contributed by atoms with Crippen LogP contribution >= 0.6 is 11.3 Å². The summed E-state index contributed by atoms with van der Waals surface area (Å²) < 4.78 is 0. The number of rotatable bonds is 3. The second-order valence-corrected chi connectivity index (χ2v) is 5.59. The van der Waals surface area contributed by atoms with Crippen LogP contribution in [0.4, 0.5) is 0 Å². The second kappa shape index (κ2) is 4.01. The summed E-state index contributed by atoms with van der Waals surface area (Å²) in [5, 5.41) is 2.15. The molecule has 3 heteroatoms. The summed E-state index contributed by atoms with van der Waals surface area (Å²) in [6.07, 6.45) is 1.24. The van der Waals surface area contributed by atoms with Gasteiger partial charge in [0.15, 0.2) is 0 Å². The van der Waals surface area contributed by atoms with Gasteiger partial charge in [-0.2, -0.15) is 0 Å². The van der Waals surface area contributed by atoms with Gasteiger partial charge in [-0.3, -0.25) is 4.90 Å². The highest BCUT2D eigenvalue weighted by Gasteiger charge is 2.32. The van der Waals surface area contributed by atoms with Crippen LogP contribution in [-0.2, 0) is 6.54 Å². The zero-order valence-electron chi connectivity index (χ0n) is 8.70. The van der Waals surface area contributed by atoms with Gasteiger partial charge in [-0.05, 0) is 36.4 Å². The van der Waals surface area contributed by atoms with Gasteiger partial charge in [0.1, 0.15) is 0 Å². The first-order valence-corrected chi connectivity index (χ1v) is 6.05. The zero-order chi connectivity index (χ0) is 10.0. The fourth-order valence-electron chi connectivity index (χ4n) is 2.05. The number of thiophene rings is 1. The van der Waals surface area contributed by atoms with Crippen LogP contribution in [0.2, 0.25) is 0 Å². The van der Waals surface area contributed by atoms with E-state index in [9.17, 15) is 0 Å². The van der Waals surface area contributed by atoms with Gasteiger partial charge in [-0.15, -0.1) is 11.3 Å². The van der Waals surface area contributed by atoms with E-state index in [0.717, 1.165) is 19.6 Å². The largest absolute Gasteiger partial charge is 0.330 e. The molecule has 0 aliphatic carbocycles. The van der Waals surface area contributed by atoms with Crippen molar-refractivity contribution in [3.8, 4) is 0 Å². The standard InChI is InChI=1S/C11H18N2S/c1-11(8-12)4-5-13(9-11)7-10-3-2-6-14-10/h2-3,6H,4-5,7-9,12H2,1H3. The molecule has 1 aliphatic heterocycles. The van der Waals surface area contributed by atoms with E-state index >= 15 is 0 Å². The maximum atomic E-state index is 5.78. The summed E-state index contributed by atoms with van der Waals surface area (Å²) in [7, 11) is 0. The topological polar surface area (TPSA) is 29.3 Å². The molecule has 78 valence electrons. The second-order valence-electron chi connectivity index (χ2n) is 4.55. The molecule has 1 fully saturated rings. The van der Waals surface area contributed by atoms with Crippen LogP contribution in [0, 0.1) is 5.41 Å². The predicted molar refractivity (Wildman–Crippen MR) is 61.4 cm³/mol. The Morgan fingerprint density at radius 1 is 1.64 bits per heavy atom. The van der Waals surface area contributed by atoms with Gasteiger partial charge in [0.05, 0.1) is 0 Å². The third kappa shape index (κ3) is 2.16. The highest BCUT2D eigenvalue weighted by Crippen LogP contribution is 2.29. The van der Waals surface area contributed by atoms with E-state index in [-0.39, 0.29) is 0 Å². The minimum atomic E-state index is 0.358. The van der Waals surface area contributed by atoms with E-state index in [1.165, 1.54) is 17.8 Å². The molecule has 0 radical (unpaired) electrons. The maximum absolute atomic E-state index is 5.78. The lowest BCUT2D eigenvalue weighted by molar-refractivity contribution is 0.276. The number of nitrogens with zero attached hydrogens (tertiary/aromatic N) is 1. The van der Waals surface area contributed by atoms with Crippen molar-refractivity contribution in [2.24, 2.45) is 11.1 Å². The summed E-state index contributed by atoms with van der Waals surface area (Å²) in [6.45, 7) is 6.57. The Labute approximate surface area is 89.7 Å². The molecule has 0 aromatic carbocycles. The Bertz CT molecular complexity index is 283. The maximum Gasteiger partial charge on any atom is 0.0328 e. The predicted octanol–water partition coefficient (Wildman–Crippen LogP) is 1.92. The van der Waals surface area contributed by atoms with E-state index in [1.807, 2.05) is 11.3 Å². The Morgan fingerprint density at radius 3 is 3.07 bits per heavy atom. The molecular weight excluding hydrogens is 192 g/mol. The van der Waals surface area contributed by atoms with E-state index in [0.29, 0.717) is 5.41 Å². The van der Waals surface area contributed by atoms with Gasteiger partial charge < -0.3 is 5.73 Å². The normalized spacial score (nSPS) is 28.4. The van der Waals surface area contributed by atoms with Crippen LogP contribution in [0.25, 0.3) is 0 Å². The molecule has 1 aliphatic rings.